The third-order valence-corrected chi connectivity index (χ3v) is 5.06. The minimum absolute atomic E-state index is 0.121. The minimum Gasteiger partial charge on any atom is -0.478 e. The molecular formula is C10H7BrCl2O4S. The average molecular weight is 374 g/mol. The van der Waals surface area contributed by atoms with Crippen LogP contribution in [0.1, 0.15) is 10.4 Å². The van der Waals surface area contributed by atoms with Crippen LogP contribution >= 0.6 is 39.1 Å². The molecule has 1 aromatic carbocycles. The summed E-state index contributed by atoms with van der Waals surface area (Å²) >= 11 is 14.4. The molecular weight excluding hydrogens is 367 g/mol. The Kier molecular flexibility index (Phi) is 4.83. The van der Waals surface area contributed by atoms with Gasteiger partial charge in [0.05, 0.1) is 26.3 Å². The SMILES string of the molecule is C=C(Br)CS(=O)(=O)c1cc(C(=O)O)c(Cl)cc1Cl. The number of sulfone groups is 1. The number of halogens is 3. The summed E-state index contributed by atoms with van der Waals surface area (Å²) < 4.78 is 24.1. The molecule has 0 heterocycles. The first-order valence-corrected chi connectivity index (χ1v) is 7.63. The van der Waals surface area contributed by atoms with Gasteiger partial charge in [0.25, 0.3) is 0 Å². The molecule has 1 rings (SSSR count). The van der Waals surface area contributed by atoms with Gasteiger partial charge in [-0.15, -0.1) is 0 Å². The Labute approximate surface area is 122 Å². The predicted molar refractivity (Wildman–Crippen MR) is 73.5 cm³/mol. The van der Waals surface area contributed by atoms with Crippen molar-refractivity contribution in [2.24, 2.45) is 0 Å². The van der Waals surface area contributed by atoms with Gasteiger partial charge in [0, 0.05) is 4.48 Å². The van der Waals surface area contributed by atoms with Crippen LogP contribution in [-0.4, -0.2) is 25.2 Å². The third kappa shape index (κ3) is 3.47. The molecule has 4 nitrogen and oxygen atoms in total. The molecule has 0 saturated heterocycles. The second kappa shape index (κ2) is 5.61. The lowest BCUT2D eigenvalue weighted by Crippen LogP contribution is -2.09. The lowest BCUT2D eigenvalue weighted by molar-refractivity contribution is 0.0697. The zero-order valence-electron chi connectivity index (χ0n) is 8.78. The van der Waals surface area contributed by atoms with Gasteiger partial charge in [-0.3, -0.25) is 0 Å². The van der Waals surface area contributed by atoms with E-state index in [9.17, 15) is 13.2 Å². The monoisotopic (exact) mass is 372 g/mol. The van der Waals surface area contributed by atoms with Crippen molar-refractivity contribution in [3.8, 4) is 0 Å². The Morgan fingerprint density at radius 3 is 2.33 bits per heavy atom. The number of carboxylic acid groups (broad SMARTS) is 1. The Balaban J connectivity index is 3.46. The van der Waals surface area contributed by atoms with E-state index in [0.717, 1.165) is 12.1 Å². The minimum atomic E-state index is -3.76. The van der Waals surface area contributed by atoms with Crippen LogP contribution in [0.5, 0.6) is 0 Å². The lowest BCUT2D eigenvalue weighted by atomic mass is 10.2. The summed E-state index contributed by atoms with van der Waals surface area (Å²) in [4.78, 5) is 10.6. The van der Waals surface area contributed by atoms with Crippen molar-refractivity contribution in [1.82, 2.24) is 0 Å². The Morgan fingerprint density at radius 2 is 1.89 bits per heavy atom. The van der Waals surface area contributed by atoms with Crippen LogP contribution in [0.15, 0.2) is 28.1 Å². The number of carbonyl (C=O) groups is 1. The number of benzene rings is 1. The van der Waals surface area contributed by atoms with Gasteiger partial charge in [-0.2, -0.15) is 0 Å². The van der Waals surface area contributed by atoms with Crippen molar-refractivity contribution in [3.05, 3.63) is 38.8 Å². The highest BCUT2D eigenvalue weighted by Gasteiger charge is 2.22. The topological polar surface area (TPSA) is 71.4 Å². The standard InChI is InChI=1S/C10H7BrCl2O4S/c1-5(11)4-18(16,17)9-2-6(10(14)15)7(12)3-8(9)13/h2-3H,1,4H2,(H,14,15). The average Bonchev–Trinajstić information content (AvgIpc) is 2.13. The maximum absolute atomic E-state index is 11.9. The molecule has 8 heteroatoms. The highest BCUT2D eigenvalue weighted by molar-refractivity contribution is 9.11. The van der Waals surface area contributed by atoms with Crippen LogP contribution in [0.2, 0.25) is 10.0 Å². The number of aromatic carboxylic acids is 1. The molecule has 0 bridgehead atoms. The molecule has 0 aliphatic carbocycles. The quantitative estimate of drug-likeness (QED) is 0.878. The maximum Gasteiger partial charge on any atom is 0.337 e. The molecule has 98 valence electrons. The lowest BCUT2D eigenvalue weighted by Gasteiger charge is -2.08. The predicted octanol–water partition coefficient (Wildman–Crippen LogP) is 3.37. The van der Waals surface area contributed by atoms with Gasteiger partial charge < -0.3 is 5.11 Å². The molecule has 0 spiro atoms. The highest BCUT2D eigenvalue weighted by atomic mass is 79.9. The van der Waals surface area contributed by atoms with Gasteiger partial charge in [0.2, 0.25) is 0 Å². The molecule has 1 N–H and O–H groups in total. The van der Waals surface area contributed by atoms with Crippen molar-refractivity contribution in [3.63, 3.8) is 0 Å². The maximum atomic E-state index is 11.9. The first-order valence-electron chi connectivity index (χ1n) is 4.43. The van der Waals surface area contributed by atoms with Gasteiger partial charge >= 0.3 is 5.97 Å². The van der Waals surface area contributed by atoms with Gasteiger partial charge in [0.1, 0.15) is 0 Å². The van der Waals surface area contributed by atoms with E-state index in [0.29, 0.717) is 0 Å². The van der Waals surface area contributed by atoms with Gasteiger partial charge in [-0.25, -0.2) is 13.2 Å². The molecule has 18 heavy (non-hydrogen) atoms. The molecule has 0 atom stereocenters. The molecule has 0 unspecified atom stereocenters. The summed E-state index contributed by atoms with van der Waals surface area (Å²) in [6.45, 7) is 3.42. The number of hydrogen-bond acceptors (Lipinski definition) is 3. The van der Waals surface area contributed by atoms with Crippen molar-refractivity contribution in [2.45, 2.75) is 4.90 Å². The van der Waals surface area contributed by atoms with Crippen molar-refractivity contribution in [1.29, 1.82) is 0 Å². The van der Waals surface area contributed by atoms with Crippen LogP contribution in [0.25, 0.3) is 0 Å². The molecule has 0 amide bonds. The summed E-state index contributed by atoms with van der Waals surface area (Å²) in [5.74, 6) is -1.71. The number of rotatable bonds is 4. The normalized spacial score (nSPS) is 11.3. The summed E-state index contributed by atoms with van der Waals surface area (Å²) in [5, 5.41) is 8.63. The first-order chi connectivity index (χ1) is 8.15. The van der Waals surface area contributed by atoms with Crippen LogP contribution < -0.4 is 0 Å². The fourth-order valence-corrected chi connectivity index (χ4v) is 4.16. The van der Waals surface area contributed by atoms with E-state index in [1.54, 1.807) is 0 Å². The Bertz CT molecular complexity index is 625. The van der Waals surface area contributed by atoms with Crippen molar-refractivity contribution >= 4 is 54.9 Å². The molecule has 0 aromatic heterocycles. The summed E-state index contributed by atoms with van der Waals surface area (Å²) in [5.41, 5.74) is -0.320. The van der Waals surface area contributed by atoms with Crippen molar-refractivity contribution in [2.75, 3.05) is 5.75 Å². The summed E-state index contributed by atoms with van der Waals surface area (Å²) in [6, 6.07) is 2.04. The van der Waals surface area contributed by atoms with E-state index in [4.69, 9.17) is 28.3 Å². The second-order valence-electron chi connectivity index (χ2n) is 3.34. The van der Waals surface area contributed by atoms with E-state index in [2.05, 4.69) is 22.5 Å². The summed E-state index contributed by atoms with van der Waals surface area (Å²) in [7, 11) is -3.76. The largest absolute Gasteiger partial charge is 0.478 e. The molecule has 0 fully saturated rings. The van der Waals surface area contributed by atoms with Crippen LogP contribution in [0.4, 0.5) is 0 Å². The Hall–Kier alpha value is -0.560. The Morgan fingerprint density at radius 1 is 1.33 bits per heavy atom. The zero-order valence-corrected chi connectivity index (χ0v) is 12.7. The van der Waals surface area contributed by atoms with Crippen LogP contribution in [-0.2, 0) is 9.84 Å². The molecule has 0 aliphatic heterocycles. The zero-order chi connectivity index (χ0) is 14.1. The smallest absolute Gasteiger partial charge is 0.337 e. The molecule has 0 radical (unpaired) electrons. The second-order valence-corrected chi connectivity index (χ2v) is 7.24. The van der Waals surface area contributed by atoms with Gasteiger partial charge in [0.15, 0.2) is 9.84 Å². The third-order valence-electron chi connectivity index (χ3n) is 1.93. The van der Waals surface area contributed by atoms with E-state index >= 15 is 0 Å². The first kappa shape index (κ1) is 15.5. The number of carboxylic acids is 1. The van der Waals surface area contributed by atoms with Crippen LogP contribution in [0.3, 0.4) is 0 Å². The number of hydrogen-bond donors (Lipinski definition) is 1. The van der Waals surface area contributed by atoms with E-state index in [1.165, 1.54) is 0 Å². The van der Waals surface area contributed by atoms with Crippen molar-refractivity contribution < 1.29 is 18.3 Å². The summed E-state index contributed by atoms with van der Waals surface area (Å²) in [6.07, 6.45) is 0. The molecule has 0 saturated carbocycles. The van der Waals surface area contributed by atoms with Gasteiger partial charge in [-0.1, -0.05) is 45.7 Å². The van der Waals surface area contributed by atoms with Crippen LogP contribution in [0, 0.1) is 0 Å². The molecule has 0 aliphatic rings. The van der Waals surface area contributed by atoms with E-state index in [1.807, 2.05) is 0 Å². The molecule has 1 aromatic rings. The van der Waals surface area contributed by atoms with E-state index < -0.39 is 15.8 Å². The van der Waals surface area contributed by atoms with Gasteiger partial charge in [-0.05, 0) is 12.1 Å². The fraction of sp³-hybridized carbons (Fsp3) is 0.100. The highest BCUT2D eigenvalue weighted by Crippen LogP contribution is 2.30. The fourth-order valence-electron chi connectivity index (χ4n) is 1.22. The van der Waals surface area contributed by atoms with E-state index in [-0.39, 0.29) is 30.7 Å².